The fraction of sp³-hybridized carbons (Fsp3) is 0.400. The van der Waals surface area contributed by atoms with Gasteiger partial charge in [-0.2, -0.15) is 0 Å². The van der Waals surface area contributed by atoms with Gasteiger partial charge in [0.25, 0.3) is 0 Å². The van der Waals surface area contributed by atoms with Gasteiger partial charge in [0.2, 0.25) is 0 Å². The van der Waals surface area contributed by atoms with Crippen LogP contribution < -0.4 is 10.1 Å². The number of methoxy groups -OCH3 is 2. The van der Waals surface area contributed by atoms with E-state index in [9.17, 15) is 4.79 Å². The molecule has 0 fully saturated rings. The Hall–Kier alpha value is -1.81. The molecular formula is C15H21NO3. The van der Waals surface area contributed by atoms with Gasteiger partial charge in [-0.3, -0.25) is 0 Å². The van der Waals surface area contributed by atoms with Crippen LogP contribution in [-0.4, -0.2) is 26.7 Å². The smallest absolute Gasteiger partial charge is 0.333 e. The molecule has 104 valence electrons. The van der Waals surface area contributed by atoms with Crippen molar-refractivity contribution in [2.75, 3.05) is 20.8 Å². The summed E-state index contributed by atoms with van der Waals surface area (Å²) in [6.07, 6.45) is 2.54. The fourth-order valence-electron chi connectivity index (χ4n) is 1.70. The predicted molar refractivity (Wildman–Crippen MR) is 75.1 cm³/mol. The normalized spacial score (nSPS) is 11.2. The van der Waals surface area contributed by atoms with Gasteiger partial charge in [-0.1, -0.05) is 25.1 Å². The largest absolute Gasteiger partial charge is 0.497 e. The summed E-state index contributed by atoms with van der Waals surface area (Å²) in [6, 6.07) is 7.88. The van der Waals surface area contributed by atoms with Gasteiger partial charge >= 0.3 is 5.97 Å². The zero-order valence-electron chi connectivity index (χ0n) is 11.7. The summed E-state index contributed by atoms with van der Waals surface area (Å²) in [5.41, 5.74) is 1.84. The van der Waals surface area contributed by atoms with Crippen LogP contribution in [0, 0.1) is 0 Å². The molecule has 0 spiro atoms. The van der Waals surface area contributed by atoms with Crippen LogP contribution in [0.25, 0.3) is 0 Å². The Bertz CT molecular complexity index is 441. The molecule has 0 saturated carbocycles. The molecule has 19 heavy (non-hydrogen) atoms. The Balaban J connectivity index is 2.45. The van der Waals surface area contributed by atoms with Gasteiger partial charge in [0, 0.05) is 18.7 Å². The van der Waals surface area contributed by atoms with E-state index in [1.807, 2.05) is 37.3 Å². The monoisotopic (exact) mass is 263 g/mol. The predicted octanol–water partition coefficient (Wildman–Crippen LogP) is 2.29. The highest BCUT2D eigenvalue weighted by atomic mass is 16.5. The molecule has 1 aromatic carbocycles. The number of esters is 1. The van der Waals surface area contributed by atoms with Gasteiger partial charge in [0.1, 0.15) is 5.75 Å². The summed E-state index contributed by atoms with van der Waals surface area (Å²) in [4.78, 5) is 11.4. The molecule has 4 nitrogen and oxygen atoms in total. The molecule has 0 unspecified atom stereocenters. The standard InChI is InChI=1S/C15H21NO3/c1-4-13(15(17)19-3)8-9-16-11-12-6-5-7-14(10-12)18-2/h5-8,10,16H,4,9,11H2,1-3H3/b13-8-. The highest BCUT2D eigenvalue weighted by Gasteiger charge is 2.05. The summed E-state index contributed by atoms with van der Waals surface area (Å²) < 4.78 is 9.86. The molecule has 1 N–H and O–H groups in total. The van der Waals surface area contributed by atoms with Gasteiger partial charge in [-0.25, -0.2) is 4.79 Å². The Kier molecular flexibility index (Phi) is 6.68. The second-order valence-electron chi connectivity index (χ2n) is 4.06. The third-order valence-corrected chi connectivity index (χ3v) is 2.78. The second-order valence-corrected chi connectivity index (χ2v) is 4.06. The second kappa shape index (κ2) is 8.32. The maximum Gasteiger partial charge on any atom is 0.333 e. The van der Waals surface area contributed by atoms with Crippen LogP contribution in [0.3, 0.4) is 0 Å². The molecule has 1 rings (SSSR count). The average Bonchev–Trinajstić information content (AvgIpc) is 2.47. The lowest BCUT2D eigenvalue weighted by Crippen LogP contribution is -2.15. The lowest BCUT2D eigenvalue weighted by Gasteiger charge is -2.06. The molecular weight excluding hydrogens is 242 g/mol. The van der Waals surface area contributed by atoms with Crippen molar-refractivity contribution in [2.24, 2.45) is 0 Å². The van der Waals surface area contributed by atoms with Crippen molar-refractivity contribution in [3.63, 3.8) is 0 Å². The highest BCUT2D eigenvalue weighted by Crippen LogP contribution is 2.12. The average molecular weight is 263 g/mol. The third-order valence-electron chi connectivity index (χ3n) is 2.78. The summed E-state index contributed by atoms with van der Waals surface area (Å²) >= 11 is 0. The Labute approximate surface area is 114 Å². The molecule has 0 bridgehead atoms. The van der Waals surface area contributed by atoms with Gasteiger partial charge in [-0.05, 0) is 24.1 Å². The van der Waals surface area contributed by atoms with Crippen molar-refractivity contribution >= 4 is 5.97 Å². The molecule has 0 amide bonds. The van der Waals surface area contributed by atoms with Gasteiger partial charge in [0.15, 0.2) is 0 Å². The molecule has 4 heteroatoms. The first-order valence-electron chi connectivity index (χ1n) is 6.32. The first-order chi connectivity index (χ1) is 9.21. The number of hydrogen-bond donors (Lipinski definition) is 1. The van der Waals surface area contributed by atoms with Crippen LogP contribution in [0.1, 0.15) is 18.9 Å². The van der Waals surface area contributed by atoms with E-state index in [0.717, 1.165) is 17.9 Å². The van der Waals surface area contributed by atoms with Crippen molar-refractivity contribution in [1.82, 2.24) is 5.32 Å². The molecule has 0 aliphatic rings. The number of nitrogens with one attached hydrogen (secondary N) is 1. The fourth-order valence-corrected chi connectivity index (χ4v) is 1.70. The van der Waals surface area contributed by atoms with E-state index >= 15 is 0 Å². The van der Waals surface area contributed by atoms with Crippen molar-refractivity contribution in [3.05, 3.63) is 41.5 Å². The topological polar surface area (TPSA) is 47.6 Å². The van der Waals surface area contributed by atoms with Crippen LogP contribution in [0.4, 0.5) is 0 Å². The van der Waals surface area contributed by atoms with E-state index in [1.165, 1.54) is 7.11 Å². The van der Waals surface area contributed by atoms with E-state index in [1.54, 1.807) is 7.11 Å². The lowest BCUT2D eigenvalue weighted by molar-refractivity contribution is -0.136. The van der Waals surface area contributed by atoms with Crippen molar-refractivity contribution in [2.45, 2.75) is 19.9 Å². The zero-order chi connectivity index (χ0) is 14.1. The van der Waals surface area contributed by atoms with Crippen LogP contribution in [0.5, 0.6) is 5.75 Å². The number of rotatable bonds is 7. The number of hydrogen-bond acceptors (Lipinski definition) is 4. The summed E-state index contributed by atoms with van der Waals surface area (Å²) in [7, 11) is 3.05. The quantitative estimate of drug-likeness (QED) is 0.466. The molecule has 0 aliphatic carbocycles. The number of benzene rings is 1. The molecule has 0 atom stereocenters. The molecule has 1 aromatic rings. The van der Waals surface area contributed by atoms with E-state index < -0.39 is 0 Å². The third kappa shape index (κ3) is 5.14. The number of ether oxygens (including phenoxy) is 2. The van der Waals surface area contributed by atoms with E-state index in [0.29, 0.717) is 18.5 Å². The van der Waals surface area contributed by atoms with Crippen molar-refractivity contribution in [3.8, 4) is 5.75 Å². The minimum absolute atomic E-state index is 0.259. The minimum atomic E-state index is -0.259. The minimum Gasteiger partial charge on any atom is -0.497 e. The maximum atomic E-state index is 11.4. The summed E-state index contributed by atoms with van der Waals surface area (Å²) in [5, 5.41) is 3.26. The van der Waals surface area contributed by atoms with Crippen LogP contribution in [0.15, 0.2) is 35.9 Å². The molecule has 0 saturated heterocycles. The maximum absolute atomic E-state index is 11.4. The number of carbonyl (C=O) groups excluding carboxylic acids is 1. The van der Waals surface area contributed by atoms with Crippen molar-refractivity contribution < 1.29 is 14.3 Å². The summed E-state index contributed by atoms with van der Waals surface area (Å²) in [6.45, 7) is 3.30. The molecule has 0 heterocycles. The van der Waals surface area contributed by atoms with E-state index in [2.05, 4.69) is 5.32 Å². The Morgan fingerprint density at radius 2 is 2.16 bits per heavy atom. The van der Waals surface area contributed by atoms with Gasteiger partial charge in [-0.15, -0.1) is 0 Å². The van der Waals surface area contributed by atoms with Gasteiger partial charge < -0.3 is 14.8 Å². The van der Waals surface area contributed by atoms with Crippen LogP contribution >= 0.6 is 0 Å². The summed E-state index contributed by atoms with van der Waals surface area (Å²) in [5.74, 6) is 0.587. The van der Waals surface area contributed by atoms with Crippen LogP contribution in [-0.2, 0) is 16.1 Å². The molecule has 0 radical (unpaired) electrons. The van der Waals surface area contributed by atoms with Crippen LogP contribution in [0.2, 0.25) is 0 Å². The van der Waals surface area contributed by atoms with Crippen molar-refractivity contribution in [1.29, 1.82) is 0 Å². The molecule has 0 aromatic heterocycles. The first-order valence-corrected chi connectivity index (χ1v) is 6.32. The molecule has 0 aliphatic heterocycles. The highest BCUT2D eigenvalue weighted by molar-refractivity contribution is 5.88. The Morgan fingerprint density at radius 1 is 1.37 bits per heavy atom. The Morgan fingerprint density at radius 3 is 2.79 bits per heavy atom. The SMILES string of the molecule is CC/C(=C/CNCc1cccc(OC)c1)C(=O)OC. The first kappa shape index (κ1) is 15.2. The van der Waals surface area contributed by atoms with E-state index in [-0.39, 0.29) is 5.97 Å². The lowest BCUT2D eigenvalue weighted by atomic mass is 10.2. The number of carbonyl (C=O) groups is 1. The zero-order valence-corrected chi connectivity index (χ0v) is 11.7. The van der Waals surface area contributed by atoms with Gasteiger partial charge in [0.05, 0.1) is 14.2 Å². The van der Waals surface area contributed by atoms with E-state index in [4.69, 9.17) is 9.47 Å².